The van der Waals surface area contributed by atoms with Gasteiger partial charge in [0.1, 0.15) is 0 Å². The van der Waals surface area contributed by atoms with Crippen molar-refractivity contribution in [3.8, 4) is 11.5 Å². The van der Waals surface area contributed by atoms with Gasteiger partial charge in [0.05, 0.1) is 0 Å². The van der Waals surface area contributed by atoms with Crippen LogP contribution in [-0.2, 0) is 22.5 Å². The zero-order chi connectivity index (χ0) is 14.5. The van der Waals surface area contributed by atoms with Gasteiger partial charge in [-0.1, -0.05) is 0 Å². The summed E-state index contributed by atoms with van der Waals surface area (Å²) in [7, 11) is 5.19. The molecule has 0 N–H and O–H groups in total. The van der Waals surface area contributed by atoms with Gasteiger partial charge in [-0.25, -0.2) is 0 Å². The van der Waals surface area contributed by atoms with Gasteiger partial charge in [-0.15, -0.1) is 0 Å². The first-order valence-electron chi connectivity index (χ1n) is 6.78. The Morgan fingerprint density at radius 3 is 2.65 bits per heavy atom. The van der Waals surface area contributed by atoms with Crippen LogP contribution in [0.2, 0.25) is 10.9 Å². The molecule has 2 unspecified atom stereocenters. The van der Waals surface area contributed by atoms with Crippen LogP contribution in [0.5, 0.6) is 11.5 Å². The van der Waals surface area contributed by atoms with E-state index < -0.39 is 0 Å². The quantitative estimate of drug-likeness (QED) is 0.744. The van der Waals surface area contributed by atoms with Crippen molar-refractivity contribution < 1.29 is 18.9 Å². The molecule has 1 aliphatic rings. The maximum atomic E-state index is 5.67. The molecule has 2 atom stereocenters. The molecule has 0 radical (unpaired) electrons. The molecule has 112 valence electrons. The third-order valence-electron chi connectivity index (χ3n) is 3.67. The van der Waals surface area contributed by atoms with Crippen LogP contribution in [0.15, 0.2) is 6.07 Å². The summed E-state index contributed by atoms with van der Waals surface area (Å²) in [6.45, 7) is 1.32. The fourth-order valence-corrected chi connectivity index (χ4v) is 4.29. The third-order valence-corrected chi connectivity index (χ3v) is 5.31. The van der Waals surface area contributed by atoms with Crippen LogP contribution >= 0.6 is 0 Å². The first kappa shape index (κ1) is 15.7. The summed E-state index contributed by atoms with van der Waals surface area (Å²) in [6.07, 6.45) is 0.949. The first-order valence-corrected chi connectivity index (χ1v) is 10.4. The van der Waals surface area contributed by atoms with E-state index in [-0.39, 0.29) is 21.9 Å². The van der Waals surface area contributed by atoms with Crippen molar-refractivity contribution in [3.05, 3.63) is 22.8 Å². The minimum absolute atomic E-state index is 0.0130. The standard InChI is InChI=1S/C15H23AsO4/c1-16-8-14(18-3)11-7-13(17-2)10-5-6-20-9-12(10)15(11)19-4/h7,14,16H,5-6,8-9H2,1-4H3. The van der Waals surface area contributed by atoms with Gasteiger partial charge in [0, 0.05) is 0 Å². The molecule has 0 aromatic heterocycles. The van der Waals surface area contributed by atoms with Gasteiger partial charge >= 0.3 is 127 Å². The average Bonchev–Trinajstić information content (AvgIpc) is 2.51. The van der Waals surface area contributed by atoms with Gasteiger partial charge in [0.25, 0.3) is 0 Å². The van der Waals surface area contributed by atoms with Gasteiger partial charge in [-0.05, 0) is 0 Å². The second-order valence-corrected chi connectivity index (χ2v) is 7.08. The Labute approximate surface area is 127 Å². The average molecular weight is 342 g/mol. The van der Waals surface area contributed by atoms with E-state index in [0.29, 0.717) is 6.61 Å². The SMILES string of the molecule is COc1cc(C(C[AsH]C)OC)c(OC)c2c1CCOC2. The van der Waals surface area contributed by atoms with Crippen molar-refractivity contribution in [1.29, 1.82) is 0 Å². The summed E-state index contributed by atoms with van der Waals surface area (Å²) >= 11 is 0.0130. The summed E-state index contributed by atoms with van der Waals surface area (Å²) < 4.78 is 22.5. The van der Waals surface area contributed by atoms with E-state index in [9.17, 15) is 0 Å². The van der Waals surface area contributed by atoms with Crippen LogP contribution < -0.4 is 9.47 Å². The molecule has 0 aliphatic carbocycles. The molecule has 0 fully saturated rings. The number of fused-ring (bicyclic) bond motifs is 1. The zero-order valence-electron chi connectivity index (χ0n) is 12.6. The summed E-state index contributed by atoms with van der Waals surface area (Å²) in [6, 6.07) is 2.08. The van der Waals surface area contributed by atoms with Crippen LogP contribution in [0.1, 0.15) is 22.8 Å². The third kappa shape index (κ3) is 2.98. The Kier molecular flexibility index (Phi) is 5.76. The van der Waals surface area contributed by atoms with Gasteiger partial charge in [-0.2, -0.15) is 0 Å². The Balaban J connectivity index is 2.55. The van der Waals surface area contributed by atoms with Gasteiger partial charge < -0.3 is 0 Å². The molecule has 0 saturated carbocycles. The monoisotopic (exact) mass is 342 g/mol. The van der Waals surface area contributed by atoms with Crippen molar-refractivity contribution in [2.75, 3.05) is 27.9 Å². The van der Waals surface area contributed by atoms with E-state index in [4.69, 9.17) is 18.9 Å². The first-order chi connectivity index (χ1) is 9.76. The summed E-state index contributed by atoms with van der Waals surface area (Å²) in [5.74, 6) is 1.84. The molecule has 20 heavy (non-hydrogen) atoms. The van der Waals surface area contributed by atoms with E-state index in [2.05, 4.69) is 11.8 Å². The van der Waals surface area contributed by atoms with Crippen molar-refractivity contribution >= 4 is 15.8 Å². The summed E-state index contributed by atoms with van der Waals surface area (Å²) in [5, 5.41) is 1.08. The molecule has 4 nitrogen and oxygen atoms in total. The maximum absolute atomic E-state index is 5.67. The van der Waals surface area contributed by atoms with Crippen LogP contribution in [0.4, 0.5) is 0 Å². The second-order valence-electron chi connectivity index (χ2n) is 4.74. The normalized spacial score (nSPS) is 16.2. The van der Waals surface area contributed by atoms with E-state index >= 15 is 0 Å². The van der Waals surface area contributed by atoms with Gasteiger partial charge in [0.15, 0.2) is 0 Å². The fourth-order valence-electron chi connectivity index (χ4n) is 2.70. The fraction of sp³-hybridized carbons (Fsp3) is 0.600. The molecule has 1 aromatic carbocycles. The van der Waals surface area contributed by atoms with Crippen molar-refractivity contribution in [3.63, 3.8) is 0 Å². The number of hydrogen-bond acceptors (Lipinski definition) is 4. The number of rotatable bonds is 6. The van der Waals surface area contributed by atoms with Gasteiger partial charge in [0.2, 0.25) is 0 Å². The van der Waals surface area contributed by atoms with Gasteiger partial charge in [-0.3, -0.25) is 0 Å². The van der Waals surface area contributed by atoms with E-state index in [0.717, 1.165) is 40.9 Å². The molecule has 1 aliphatic heterocycles. The minimum atomic E-state index is 0.0130. The van der Waals surface area contributed by atoms with Crippen molar-refractivity contribution in [2.45, 2.75) is 30.1 Å². The van der Waals surface area contributed by atoms with Crippen LogP contribution in [-0.4, -0.2) is 43.7 Å². The number of benzene rings is 1. The van der Waals surface area contributed by atoms with Crippen LogP contribution in [0, 0.1) is 0 Å². The molecule has 0 saturated heterocycles. The predicted molar refractivity (Wildman–Crippen MR) is 80.5 cm³/mol. The number of hydrogen-bond donors (Lipinski definition) is 0. The van der Waals surface area contributed by atoms with E-state index in [1.165, 1.54) is 5.56 Å². The molecule has 0 spiro atoms. The topological polar surface area (TPSA) is 36.9 Å². The van der Waals surface area contributed by atoms with Crippen molar-refractivity contribution in [2.24, 2.45) is 0 Å². The molecule has 0 amide bonds. The van der Waals surface area contributed by atoms with E-state index in [1.807, 2.05) is 0 Å². The molecule has 2 rings (SSSR count). The number of ether oxygens (including phenoxy) is 4. The zero-order valence-corrected chi connectivity index (χ0v) is 14.7. The Bertz CT molecular complexity index is 462. The summed E-state index contributed by atoms with van der Waals surface area (Å²) in [5.41, 5.74) is 5.69. The summed E-state index contributed by atoms with van der Waals surface area (Å²) in [4.78, 5) is 0. The molecule has 0 bridgehead atoms. The molecule has 1 heterocycles. The van der Waals surface area contributed by atoms with Crippen molar-refractivity contribution in [1.82, 2.24) is 0 Å². The Morgan fingerprint density at radius 1 is 1.25 bits per heavy atom. The van der Waals surface area contributed by atoms with Crippen LogP contribution in [0.25, 0.3) is 0 Å². The molecule has 1 aromatic rings. The predicted octanol–water partition coefficient (Wildman–Crippen LogP) is 2.37. The number of methoxy groups -OCH3 is 3. The second kappa shape index (κ2) is 7.35. The molecular weight excluding hydrogens is 319 g/mol. The Hall–Kier alpha value is -0.702. The van der Waals surface area contributed by atoms with Crippen LogP contribution in [0.3, 0.4) is 0 Å². The Morgan fingerprint density at radius 2 is 2.05 bits per heavy atom. The van der Waals surface area contributed by atoms with E-state index in [1.54, 1.807) is 21.3 Å². The molecule has 5 heteroatoms. The molecular formula is C15H23AsO4.